The van der Waals surface area contributed by atoms with Crippen LogP contribution in [0.4, 0.5) is 0 Å². The van der Waals surface area contributed by atoms with Gasteiger partial charge >= 0.3 is 0 Å². The zero-order valence-electron chi connectivity index (χ0n) is 15.1. The van der Waals surface area contributed by atoms with Gasteiger partial charge in [0.2, 0.25) is 0 Å². The number of carbonyl (C=O) groups is 1. The minimum atomic E-state index is 0.0675. The minimum absolute atomic E-state index is 0.0675. The number of halogens is 1. The summed E-state index contributed by atoms with van der Waals surface area (Å²) in [5.41, 5.74) is 0.642. The van der Waals surface area contributed by atoms with Crippen LogP contribution in [-0.2, 0) is 0 Å². The van der Waals surface area contributed by atoms with E-state index in [2.05, 4.69) is 36.7 Å². The lowest BCUT2D eigenvalue weighted by Gasteiger charge is -2.33. The van der Waals surface area contributed by atoms with Crippen molar-refractivity contribution in [3.63, 3.8) is 0 Å². The molecule has 1 amide bonds. The fraction of sp³-hybridized carbons (Fsp3) is 0.632. The van der Waals surface area contributed by atoms with E-state index in [1.54, 1.807) is 13.2 Å². The molecule has 1 aromatic rings. The number of methoxy groups -OCH3 is 1. The van der Waals surface area contributed by atoms with Crippen molar-refractivity contribution >= 4 is 21.8 Å². The highest BCUT2D eigenvalue weighted by Crippen LogP contribution is 2.38. The van der Waals surface area contributed by atoms with E-state index in [0.29, 0.717) is 29.7 Å². The Hall–Kier alpha value is -1.23. The molecular formula is C19H28BrNO3. The second-order valence-electron chi connectivity index (χ2n) is 6.58. The number of benzene rings is 1. The van der Waals surface area contributed by atoms with Gasteiger partial charge in [-0.25, -0.2) is 0 Å². The first kappa shape index (κ1) is 19.1. The van der Waals surface area contributed by atoms with Crippen molar-refractivity contribution in [1.82, 2.24) is 4.90 Å². The quantitative estimate of drug-likeness (QED) is 0.646. The third kappa shape index (κ3) is 4.24. The highest BCUT2D eigenvalue weighted by Gasteiger charge is 2.30. The average Bonchev–Trinajstić information content (AvgIpc) is 3.06. The van der Waals surface area contributed by atoms with Gasteiger partial charge in [-0.2, -0.15) is 0 Å². The van der Waals surface area contributed by atoms with Crippen LogP contribution < -0.4 is 9.47 Å². The van der Waals surface area contributed by atoms with Crippen molar-refractivity contribution in [2.75, 3.05) is 13.7 Å². The Kier molecular flexibility index (Phi) is 6.96. The van der Waals surface area contributed by atoms with Crippen LogP contribution in [0.2, 0.25) is 0 Å². The van der Waals surface area contributed by atoms with Crippen molar-refractivity contribution < 1.29 is 14.3 Å². The number of hydrogen-bond acceptors (Lipinski definition) is 3. The zero-order chi connectivity index (χ0) is 17.7. The predicted octanol–water partition coefficient (Wildman–Crippen LogP) is 5.04. The lowest BCUT2D eigenvalue weighted by Crippen LogP contribution is -2.43. The van der Waals surface area contributed by atoms with Gasteiger partial charge in [-0.05, 0) is 61.2 Å². The van der Waals surface area contributed by atoms with Gasteiger partial charge in [-0.15, -0.1) is 0 Å². The second kappa shape index (κ2) is 8.75. The molecule has 1 fully saturated rings. The number of hydrogen-bond donors (Lipinski definition) is 0. The summed E-state index contributed by atoms with van der Waals surface area (Å²) in [4.78, 5) is 15.2. The SMILES string of the molecule is CCCOc1c(Br)cc(C(=O)N(C(C)C)C2CCCC2)cc1OC. The molecule has 4 nitrogen and oxygen atoms in total. The fourth-order valence-corrected chi connectivity index (χ4v) is 3.90. The van der Waals surface area contributed by atoms with Crippen molar-refractivity contribution in [1.29, 1.82) is 0 Å². The van der Waals surface area contributed by atoms with Gasteiger partial charge in [-0.1, -0.05) is 19.8 Å². The van der Waals surface area contributed by atoms with E-state index in [1.807, 2.05) is 11.0 Å². The van der Waals surface area contributed by atoms with Crippen LogP contribution in [0.1, 0.15) is 63.2 Å². The molecule has 0 spiro atoms. The van der Waals surface area contributed by atoms with Crippen LogP contribution in [0.15, 0.2) is 16.6 Å². The van der Waals surface area contributed by atoms with Crippen LogP contribution in [0, 0.1) is 0 Å². The van der Waals surface area contributed by atoms with E-state index in [1.165, 1.54) is 12.8 Å². The van der Waals surface area contributed by atoms with Crippen LogP contribution in [0.3, 0.4) is 0 Å². The molecule has 1 aromatic carbocycles. The first-order valence-electron chi connectivity index (χ1n) is 8.82. The second-order valence-corrected chi connectivity index (χ2v) is 7.44. The molecule has 0 saturated heterocycles. The first-order chi connectivity index (χ1) is 11.5. The molecule has 2 rings (SSSR count). The van der Waals surface area contributed by atoms with Gasteiger partial charge in [0.1, 0.15) is 0 Å². The molecule has 1 saturated carbocycles. The van der Waals surface area contributed by atoms with Gasteiger partial charge in [0, 0.05) is 17.6 Å². The Labute approximate surface area is 153 Å². The molecule has 1 aliphatic carbocycles. The zero-order valence-corrected chi connectivity index (χ0v) is 16.7. The van der Waals surface area contributed by atoms with E-state index in [0.717, 1.165) is 23.7 Å². The molecule has 0 aromatic heterocycles. The summed E-state index contributed by atoms with van der Waals surface area (Å²) in [5.74, 6) is 1.32. The lowest BCUT2D eigenvalue weighted by atomic mass is 10.1. The summed E-state index contributed by atoms with van der Waals surface area (Å²) < 4.78 is 12.0. The predicted molar refractivity (Wildman–Crippen MR) is 100 cm³/mol. The Morgan fingerprint density at radius 3 is 2.54 bits per heavy atom. The summed E-state index contributed by atoms with van der Waals surface area (Å²) in [6, 6.07) is 4.17. The number of nitrogens with zero attached hydrogens (tertiary/aromatic N) is 1. The molecule has 0 bridgehead atoms. The maximum Gasteiger partial charge on any atom is 0.254 e. The topological polar surface area (TPSA) is 38.8 Å². The summed E-state index contributed by atoms with van der Waals surface area (Å²) in [7, 11) is 1.60. The number of amides is 1. The van der Waals surface area contributed by atoms with Gasteiger partial charge in [0.15, 0.2) is 11.5 Å². The van der Waals surface area contributed by atoms with Crippen LogP contribution >= 0.6 is 15.9 Å². The Balaban J connectivity index is 2.32. The first-order valence-corrected chi connectivity index (χ1v) is 9.61. The molecule has 0 aliphatic heterocycles. The van der Waals surface area contributed by atoms with Crippen molar-refractivity contribution in [2.24, 2.45) is 0 Å². The van der Waals surface area contributed by atoms with Crippen molar-refractivity contribution in [3.8, 4) is 11.5 Å². The van der Waals surface area contributed by atoms with Crippen LogP contribution in [0.25, 0.3) is 0 Å². The smallest absolute Gasteiger partial charge is 0.254 e. The Bertz CT molecular complexity index is 568. The molecule has 134 valence electrons. The fourth-order valence-electron chi connectivity index (χ4n) is 3.34. The molecule has 0 heterocycles. The van der Waals surface area contributed by atoms with Crippen molar-refractivity contribution in [2.45, 2.75) is 65.0 Å². The summed E-state index contributed by atoms with van der Waals surface area (Å²) in [5, 5.41) is 0. The standard InChI is InChI=1S/C19H28BrNO3/c1-5-10-24-18-16(20)11-14(12-17(18)23-4)19(22)21(13(2)3)15-8-6-7-9-15/h11-13,15H,5-10H2,1-4H3. The molecule has 0 atom stereocenters. The van der Waals surface area contributed by atoms with Gasteiger partial charge in [-0.3, -0.25) is 4.79 Å². The maximum atomic E-state index is 13.1. The van der Waals surface area contributed by atoms with E-state index in [-0.39, 0.29) is 11.9 Å². The third-order valence-electron chi connectivity index (χ3n) is 4.44. The molecule has 1 aliphatic rings. The van der Waals surface area contributed by atoms with Crippen LogP contribution in [-0.4, -0.2) is 36.6 Å². The molecule has 5 heteroatoms. The Morgan fingerprint density at radius 1 is 1.33 bits per heavy atom. The van der Waals surface area contributed by atoms with E-state index >= 15 is 0 Å². The molecule has 0 N–H and O–H groups in total. The van der Waals surface area contributed by atoms with E-state index < -0.39 is 0 Å². The monoisotopic (exact) mass is 397 g/mol. The highest BCUT2D eigenvalue weighted by molar-refractivity contribution is 9.10. The summed E-state index contributed by atoms with van der Waals surface area (Å²) >= 11 is 3.53. The molecule has 0 unspecified atom stereocenters. The third-order valence-corrected chi connectivity index (χ3v) is 5.02. The number of rotatable bonds is 7. The van der Waals surface area contributed by atoms with Gasteiger partial charge in [0.05, 0.1) is 18.2 Å². The number of carbonyl (C=O) groups excluding carboxylic acids is 1. The lowest BCUT2D eigenvalue weighted by molar-refractivity contribution is 0.0613. The number of ether oxygens (including phenoxy) is 2. The molecule has 24 heavy (non-hydrogen) atoms. The minimum Gasteiger partial charge on any atom is -0.493 e. The largest absolute Gasteiger partial charge is 0.493 e. The Morgan fingerprint density at radius 2 is 2.00 bits per heavy atom. The van der Waals surface area contributed by atoms with Crippen molar-refractivity contribution in [3.05, 3.63) is 22.2 Å². The van der Waals surface area contributed by atoms with Gasteiger partial charge < -0.3 is 14.4 Å². The summed E-state index contributed by atoms with van der Waals surface area (Å²) in [6.07, 6.45) is 5.52. The molecule has 0 radical (unpaired) electrons. The van der Waals surface area contributed by atoms with E-state index in [9.17, 15) is 4.79 Å². The van der Waals surface area contributed by atoms with Gasteiger partial charge in [0.25, 0.3) is 5.91 Å². The average molecular weight is 398 g/mol. The maximum absolute atomic E-state index is 13.1. The normalized spacial score (nSPS) is 14.9. The van der Waals surface area contributed by atoms with Crippen LogP contribution in [0.5, 0.6) is 11.5 Å². The highest BCUT2D eigenvalue weighted by atomic mass is 79.9. The molecular weight excluding hydrogens is 370 g/mol. The van der Waals surface area contributed by atoms with E-state index in [4.69, 9.17) is 9.47 Å². The summed E-state index contributed by atoms with van der Waals surface area (Å²) in [6.45, 7) is 6.84.